The van der Waals surface area contributed by atoms with Gasteiger partial charge in [-0.2, -0.15) is 0 Å². The zero-order valence-corrected chi connectivity index (χ0v) is 17.0. The van der Waals surface area contributed by atoms with Crippen LogP contribution in [-0.4, -0.2) is 48.0 Å². The van der Waals surface area contributed by atoms with Gasteiger partial charge < -0.3 is 14.4 Å². The second-order valence-electron chi connectivity index (χ2n) is 6.87. The van der Waals surface area contributed by atoms with Gasteiger partial charge >= 0.3 is 5.97 Å². The summed E-state index contributed by atoms with van der Waals surface area (Å²) in [6.07, 6.45) is 0.511. The Kier molecular flexibility index (Phi) is 5.54. The van der Waals surface area contributed by atoms with Gasteiger partial charge in [-0.1, -0.05) is 11.6 Å². The highest BCUT2D eigenvalue weighted by molar-refractivity contribution is 7.91. The largest absolute Gasteiger partial charge is 0.507 e. The number of ketones is 1. The average Bonchev–Trinajstić information content (AvgIpc) is 3.10. The fraction of sp³-hybridized carbons (Fsp3) is 0.368. The number of esters is 1. The van der Waals surface area contributed by atoms with Crippen molar-refractivity contribution in [1.82, 2.24) is 4.57 Å². The third-order valence-corrected chi connectivity index (χ3v) is 6.86. The summed E-state index contributed by atoms with van der Waals surface area (Å²) in [7, 11) is -3.06. The number of rotatable bonds is 5. The zero-order valence-electron chi connectivity index (χ0n) is 15.4. The van der Waals surface area contributed by atoms with E-state index in [1.165, 1.54) is 18.2 Å². The van der Waals surface area contributed by atoms with Gasteiger partial charge in [-0.25, -0.2) is 13.2 Å². The maximum Gasteiger partial charge on any atom is 0.342 e. The van der Waals surface area contributed by atoms with Gasteiger partial charge in [0.15, 0.2) is 16.4 Å². The molecular formula is C19H20ClNO6S. The normalized spacial score (nSPS) is 18.2. The number of ether oxygens (including phenoxy) is 1. The quantitative estimate of drug-likeness (QED) is 0.583. The molecule has 28 heavy (non-hydrogen) atoms. The highest BCUT2D eigenvalue weighted by Crippen LogP contribution is 2.29. The number of phenolic OH excluding ortho intramolecular Hbond substituents is 1. The number of aromatic hydroxyl groups is 1. The van der Waals surface area contributed by atoms with E-state index in [-0.39, 0.29) is 33.9 Å². The van der Waals surface area contributed by atoms with Crippen molar-refractivity contribution in [3.05, 3.63) is 51.8 Å². The van der Waals surface area contributed by atoms with Gasteiger partial charge in [0.1, 0.15) is 11.3 Å². The van der Waals surface area contributed by atoms with Gasteiger partial charge in [0.2, 0.25) is 5.78 Å². The van der Waals surface area contributed by atoms with Gasteiger partial charge in [0.05, 0.1) is 11.5 Å². The second kappa shape index (κ2) is 7.60. The summed E-state index contributed by atoms with van der Waals surface area (Å²) in [6, 6.07) is 5.44. The molecule has 0 amide bonds. The van der Waals surface area contributed by atoms with Crippen molar-refractivity contribution in [2.24, 2.45) is 0 Å². The number of carbonyl (C=O) groups excluding carboxylic acids is 2. The van der Waals surface area contributed by atoms with Crippen LogP contribution in [0, 0.1) is 13.8 Å². The van der Waals surface area contributed by atoms with Crippen LogP contribution < -0.4 is 0 Å². The Labute approximate surface area is 167 Å². The Balaban J connectivity index is 1.73. The summed E-state index contributed by atoms with van der Waals surface area (Å²) in [4.78, 5) is 24.7. The molecule has 9 heteroatoms. The fourth-order valence-corrected chi connectivity index (χ4v) is 5.43. The number of sulfone groups is 1. The molecule has 0 saturated carbocycles. The summed E-state index contributed by atoms with van der Waals surface area (Å²) >= 11 is 5.73. The second-order valence-corrected chi connectivity index (χ2v) is 9.54. The number of hydrogen-bond donors (Lipinski definition) is 1. The molecule has 1 aromatic heterocycles. The predicted octanol–water partition coefficient (Wildman–Crippen LogP) is 2.86. The minimum atomic E-state index is -3.06. The number of halogens is 1. The standard InChI is InChI=1S/C19H20ClNO6S/c1-11-7-16(12(2)21(11)14-5-6-28(25,26)10-14)18(23)9-27-19(24)15-4-3-13(20)8-17(15)22/h3-4,7-8,14,22H,5-6,9-10H2,1-2H3. The van der Waals surface area contributed by atoms with E-state index in [9.17, 15) is 23.1 Å². The molecule has 0 bridgehead atoms. The van der Waals surface area contributed by atoms with Crippen LogP contribution in [0.2, 0.25) is 5.02 Å². The van der Waals surface area contributed by atoms with E-state index in [2.05, 4.69) is 0 Å². The Hall–Kier alpha value is -2.32. The number of carbonyl (C=O) groups is 2. The molecule has 2 heterocycles. The molecule has 1 unspecified atom stereocenters. The van der Waals surface area contributed by atoms with Gasteiger partial charge in [-0.15, -0.1) is 0 Å². The first-order valence-corrected chi connectivity index (χ1v) is 10.9. The number of benzene rings is 1. The van der Waals surface area contributed by atoms with Crippen molar-refractivity contribution in [2.45, 2.75) is 26.3 Å². The molecule has 1 aliphatic heterocycles. The van der Waals surface area contributed by atoms with Gasteiger partial charge in [0.25, 0.3) is 0 Å². The summed E-state index contributed by atoms with van der Waals surface area (Å²) in [5.41, 5.74) is 1.73. The number of Topliss-reactive ketones (excluding diaryl/α,β-unsaturated/α-hetero) is 1. The summed E-state index contributed by atoms with van der Waals surface area (Å²) in [5, 5.41) is 10.0. The first-order chi connectivity index (χ1) is 13.1. The first kappa shape index (κ1) is 20.4. The maximum absolute atomic E-state index is 12.6. The molecule has 1 aromatic carbocycles. The highest BCUT2D eigenvalue weighted by Gasteiger charge is 2.31. The first-order valence-electron chi connectivity index (χ1n) is 8.67. The van der Waals surface area contributed by atoms with Gasteiger partial charge in [-0.05, 0) is 44.5 Å². The molecule has 1 fully saturated rings. The smallest absolute Gasteiger partial charge is 0.342 e. The molecule has 7 nitrogen and oxygen atoms in total. The molecule has 2 aromatic rings. The number of nitrogens with zero attached hydrogens (tertiary/aromatic N) is 1. The Morgan fingerprint density at radius 2 is 1.96 bits per heavy atom. The molecule has 1 N–H and O–H groups in total. The van der Waals surface area contributed by atoms with Crippen LogP contribution in [0.3, 0.4) is 0 Å². The third-order valence-electron chi connectivity index (χ3n) is 4.87. The zero-order chi connectivity index (χ0) is 20.6. The van der Waals surface area contributed by atoms with Crippen molar-refractivity contribution >= 4 is 33.2 Å². The maximum atomic E-state index is 12.6. The molecule has 150 valence electrons. The van der Waals surface area contributed by atoms with Crippen molar-refractivity contribution in [3.63, 3.8) is 0 Å². The molecule has 3 rings (SSSR count). The van der Waals surface area contributed by atoms with E-state index in [0.717, 1.165) is 5.69 Å². The molecule has 1 atom stereocenters. The van der Waals surface area contributed by atoms with Crippen LogP contribution in [-0.2, 0) is 14.6 Å². The average molecular weight is 426 g/mol. The molecule has 1 aliphatic rings. The number of aryl methyl sites for hydroxylation is 1. The van der Waals surface area contributed by atoms with Crippen LogP contribution >= 0.6 is 11.6 Å². The Bertz CT molecular complexity index is 1060. The Morgan fingerprint density at radius 3 is 2.57 bits per heavy atom. The molecule has 0 radical (unpaired) electrons. The Morgan fingerprint density at radius 1 is 1.25 bits per heavy atom. The summed E-state index contributed by atoms with van der Waals surface area (Å²) in [6.45, 7) is 3.07. The van der Waals surface area contributed by atoms with E-state index in [4.69, 9.17) is 16.3 Å². The lowest BCUT2D eigenvalue weighted by molar-refractivity contribution is 0.0471. The van der Waals surface area contributed by atoms with E-state index < -0.39 is 28.2 Å². The monoisotopic (exact) mass is 425 g/mol. The summed E-state index contributed by atoms with van der Waals surface area (Å²) in [5.74, 6) is -1.37. The van der Waals surface area contributed by atoms with E-state index >= 15 is 0 Å². The van der Waals surface area contributed by atoms with Crippen LogP contribution in [0.5, 0.6) is 5.75 Å². The lowest BCUT2D eigenvalue weighted by atomic mass is 10.1. The van der Waals surface area contributed by atoms with E-state index in [1.54, 1.807) is 13.0 Å². The number of phenols is 1. The number of aromatic nitrogens is 1. The molecular weight excluding hydrogens is 406 g/mol. The van der Waals surface area contributed by atoms with E-state index in [0.29, 0.717) is 17.7 Å². The highest BCUT2D eigenvalue weighted by atomic mass is 35.5. The SMILES string of the molecule is Cc1cc(C(=O)COC(=O)c2ccc(Cl)cc2O)c(C)n1C1CCS(=O)(=O)C1. The topological polar surface area (TPSA) is 103 Å². The van der Waals surface area contributed by atoms with Crippen LogP contribution in [0.15, 0.2) is 24.3 Å². The van der Waals surface area contributed by atoms with Crippen LogP contribution in [0.4, 0.5) is 0 Å². The minimum absolute atomic E-state index is 0.0574. The third kappa shape index (κ3) is 4.07. The lowest BCUT2D eigenvalue weighted by Crippen LogP contribution is -2.17. The minimum Gasteiger partial charge on any atom is -0.507 e. The van der Waals surface area contributed by atoms with Crippen molar-refractivity contribution in [2.75, 3.05) is 18.1 Å². The predicted molar refractivity (Wildman–Crippen MR) is 104 cm³/mol. The van der Waals surface area contributed by atoms with Crippen molar-refractivity contribution in [3.8, 4) is 5.75 Å². The number of hydrogen-bond acceptors (Lipinski definition) is 6. The van der Waals surface area contributed by atoms with Gasteiger partial charge in [-0.3, -0.25) is 4.79 Å². The van der Waals surface area contributed by atoms with Crippen molar-refractivity contribution < 1.29 is 27.9 Å². The molecule has 1 saturated heterocycles. The molecule has 0 spiro atoms. The van der Waals surface area contributed by atoms with Gasteiger partial charge in [0, 0.05) is 28.0 Å². The van der Waals surface area contributed by atoms with Crippen LogP contribution in [0.25, 0.3) is 0 Å². The van der Waals surface area contributed by atoms with Crippen molar-refractivity contribution in [1.29, 1.82) is 0 Å². The fourth-order valence-electron chi connectivity index (χ4n) is 3.56. The summed E-state index contributed by atoms with van der Waals surface area (Å²) < 4.78 is 30.4. The van der Waals surface area contributed by atoms with E-state index in [1.807, 2.05) is 11.5 Å². The van der Waals surface area contributed by atoms with Crippen LogP contribution in [0.1, 0.15) is 44.6 Å². The molecule has 0 aliphatic carbocycles. The lowest BCUT2D eigenvalue weighted by Gasteiger charge is -2.16.